The third-order valence-electron chi connectivity index (χ3n) is 2.28. The third kappa shape index (κ3) is 4.06. The Morgan fingerprint density at radius 3 is 2.80 bits per heavy atom. The maximum atomic E-state index is 5.82. The first kappa shape index (κ1) is 14.5. The van der Waals surface area contributed by atoms with E-state index < -0.39 is 0 Å². The first-order valence-electron chi connectivity index (χ1n) is 6.32. The summed E-state index contributed by atoms with van der Waals surface area (Å²) in [6.07, 6.45) is 2.46. The van der Waals surface area contributed by atoms with Gasteiger partial charge in [0.25, 0.3) is 0 Å². The van der Waals surface area contributed by atoms with Crippen LogP contribution in [0.1, 0.15) is 32.4 Å². The molecule has 0 saturated carbocycles. The Kier molecular flexibility index (Phi) is 4.73. The average Bonchev–Trinajstić information content (AvgIpc) is 2.83. The van der Waals surface area contributed by atoms with Gasteiger partial charge in [-0.15, -0.1) is 0 Å². The molecule has 0 bridgehead atoms. The Labute approximate surface area is 121 Å². The maximum Gasteiger partial charge on any atom is 0.322 e. The van der Waals surface area contributed by atoms with Crippen LogP contribution in [0, 0.1) is 0 Å². The summed E-state index contributed by atoms with van der Waals surface area (Å²) in [5.74, 6) is 1.71. The molecule has 0 spiro atoms. The van der Waals surface area contributed by atoms with Crippen molar-refractivity contribution in [2.45, 2.75) is 39.8 Å². The van der Waals surface area contributed by atoms with Crippen LogP contribution in [0.2, 0.25) is 5.28 Å². The number of rotatable bonds is 6. The molecule has 20 heavy (non-hydrogen) atoms. The van der Waals surface area contributed by atoms with E-state index in [1.807, 2.05) is 20.8 Å². The monoisotopic (exact) mass is 297 g/mol. The van der Waals surface area contributed by atoms with Crippen LogP contribution >= 0.6 is 11.6 Å². The van der Waals surface area contributed by atoms with Crippen molar-refractivity contribution in [1.82, 2.24) is 19.9 Å². The van der Waals surface area contributed by atoms with Gasteiger partial charge in [-0.3, -0.25) is 0 Å². The molecule has 0 saturated heterocycles. The van der Waals surface area contributed by atoms with Crippen molar-refractivity contribution in [3.63, 3.8) is 0 Å². The van der Waals surface area contributed by atoms with Crippen LogP contribution in [0.5, 0.6) is 6.01 Å². The topological polar surface area (TPSA) is 86.0 Å². The van der Waals surface area contributed by atoms with Crippen molar-refractivity contribution in [3.8, 4) is 6.01 Å². The number of anilines is 1. The summed E-state index contributed by atoms with van der Waals surface area (Å²) in [6.45, 7) is 6.12. The quantitative estimate of drug-likeness (QED) is 0.876. The number of ether oxygens (including phenoxy) is 1. The molecule has 0 fully saturated rings. The molecule has 8 heteroatoms. The highest BCUT2D eigenvalue weighted by molar-refractivity contribution is 6.28. The van der Waals surface area contributed by atoms with Gasteiger partial charge in [-0.25, -0.2) is 4.98 Å². The van der Waals surface area contributed by atoms with Gasteiger partial charge in [0.1, 0.15) is 5.76 Å². The zero-order chi connectivity index (χ0) is 14.5. The normalized spacial score (nSPS) is 10.8. The lowest BCUT2D eigenvalue weighted by Gasteiger charge is -2.09. The fourth-order valence-electron chi connectivity index (χ4n) is 1.42. The van der Waals surface area contributed by atoms with Crippen LogP contribution in [-0.4, -0.2) is 26.0 Å². The minimum atomic E-state index is -0.0415. The minimum absolute atomic E-state index is 0.0415. The number of nitrogens with one attached hydrogen (secondary N) is 1. The van der Waals surface area contributed by atoms with Crippen LogP contribution in [0.15, 0.2) is 10.6 Å². The number of halogens is 1. The van der Waals surface area contributed by atoms with Crippen molar-refractivity contribution in [2.24, 2.45) is 0 Å². The van der Waals surface area contributed by atoms with E-state index in [4.69, 9.17) is 20.8 Å². The zero-order valence-electron chi connectivity index (χ0n) is 11.6. The number of aryl methyl sites for hydroxylation is 1. The zero-order valence-corrected chi connectivity index (χ0v) is 12.3. The molecule has 0 amide bonds. The van der Waals surface area contributed by atoms with E-state index in [2.05, 4.69) is 25.3 Å². The average molecular weight is 298 g/mol. The van der Waals surface area contributed by atoms with E-state index in [0.717, 1.165) is 12.2 Å². The predicted molar refractivity (Wildman–Crippen MR) is 73.8 cm³/mol. The second-order valence-corrected chi connectivity index (χ2v) is 4.64. The molecule has 1 N–H and O–H groups in total. The summed E-state index contributed by atoms with van der Waals surface area (Å²) < 4.78 is 10.9. The summed E-state index contributed by atoms with van der Waals surface area (Å²) in [6, 6.07) is 0.184. The molecule has 0 atom stereocenters. The Bertz CT molecular complexity index is 573. The highest BCUT2D eigenvalue weighted by Gasteiger charge is 2.09. The molecule has 7 nitrogen and oxygen atoms in total. The Morgan fingerprint density at radius 2 is 2.15 bits per heavy atom. The van der Waals surface area contributed by atoms with Gasteiger partial charge >= 0.3 is 6.01 Å². The first-order valence-corrected chi connectivity index (χ1v) is 6.70. The van der Waals surface area contributed by atoms with E-state index >= 15 is 0 Å². The first-order chi connectivity index (χ1) is 9.56. The molecule has 2 heterocycles. The molecule has 0 radical (unpaired) electrons. The molecule has 2 rings (SSSR count). The fourth-order valence-corrected chi connectivity index (χ4v) is 1.57. The lowest BCUT2D eigenvalue weighted by Crippen LogP contribution is -2.11. The SMILES string of the molecule is CCc1cnc(CNc2nc(Cl)nc(OC(C)C)n2)o1. The minimum Gasteiger partial charge on any atom is -0.461 e. The largest absolute Gasteiger partial charge is 0.461 e. The second-order valence-electron chi connectivity index (χ2n) is 4.30. The van der Waals surface area contributed by atoms with Gasteiger partial charge in [-0.05, 0) is 25.4 Å². The standard InChI is InChI=1S/C12H16ClN5O2/c1-4-8-5-14-9(20-8)6-15-11-16-10(13)17-12(18-11)19-7(2)3/h5,7H,4,6H2,1-3H3,(H,15,16,17,18). The molecule has 2 aromatic rings. The van der Waals surface area contributed by atoms with E-state index in [-0.39, 0.29) is 17.4 Å². The van der Waals surface area contributed by atoms with Gasteiger partial charge in [0.05, 0.1) is 18.8 Å². The fraction of sp³-hybridized carbons (Fsp3) is 0.500. The van der Waals surface area contributed by atoms with Crippen molar-refractivity contribution >= 4 is 17.5 Å². The lowest BCUT2D eigenvalue weighted by molar-refractivity contribution is 0.222. The second kappa shape index (κ2) is 6.51. The summed E-state index contributed by atoms with van der Waals surface area (Å²) >= 11 is 5.82. The van der Waals surface area contributed by atoms with Crippen LogP contribution < -0.4 is 10.1 Å². The van der Waals surface area contributed by atoms with Crippen LogP contribution in [-0.2, 0) is 13.0 Å². The number of hydrogen-bond acceptors (Lipinski definition) is 7. The molecule has 0 aliphatic rings. The molecule has 0 unspecified atom stereocenters. The Balaban J connectivity index is 2.03. The van der Waals surface area contributed by atoms with Gasteiger partial charge in [-0.1, -0.05) is 6.92 Å². The highest BCUT2D eigenvalue weighted by Crippen LogP contribution is 2.13. The van der Waals surface area contributed by atoms with Crippen molar-refractivity contribution in [2.75, 3.05) is 5.32 Å². The predicted octanol–water partition coefficient (Wildman–Crippen LogP) is 2.47. The lowest BCUT2D eigenvalue weighted by atomic mass is 10.4. The summed E-state index contributed by atoms with van der Waals surface area (Å²) in [7, 11) is 0. The van der Waals surface area contributed by atoms with Gasteiger partial charge in [0, 0.05) is 6.42 Å². The summed E-state index contributed by atoms with van der Waals surface area (Å²) in [4.78, 5) is 16.1. The summed E-state index contributed by atoms with van der Waals surface area (Å²) in [5, 5.41) is 3.04. The van der Waals surface area contributed by atoms with Gasteiger partial charge in [-0.2, -0.15) is 15.0 Å². The molecular formula is C12H16ClN5O2. The third-order valence-corrected chi connectivity index (χ3v) is 2.45. The number of hydrogen-bond donors (Lipinski definition) is 1. The van der Waals surface area contributed by atoms with Gasteiger partial charge in [0.2, 0.25) is 17.1 Å². The number of nitrogens with zero attached hydrogens (tertiary/aromatic N) is 4. The number of oxazole rings is 1. The highest BCUT2D eigenvalue weighted by atomic mass is 35.5. The van der Waals surface area contributed by atoms with E-state index in [1.54, 1.807) is 6.20 Å². The van der Waals surface area contributed by atoms with Crippen molar-refractivity contribution in [3.05, 3.63) is 23.1 Å². The van der Waals surface area contributed by atoms with Crippen molar-refractivity contribution < 1.29 is 9.15 Å². The van der Waals surface area contributed by atoms with Crippen LogP contribution in [0.4, 0.5) is 5.95 Å². The maximum absolute atomic E-state index is 5.82. The molecule has 0 aliphatic carbocycles. The van der Waals surface area contributed by atoms with Crippen molar-refractivity contribution in [1.29, 1.82) is 0 Å². The number of aromatic nitrogens is 4. The molecule has 0 aromatic carbocycles. The van der Waals surface area contributed by atoms with E-state index in [1.165, 1.54) is 0 Å². The van der Waals surface area contributed by atoms with Crippen LogP contribution in [0.3, 0.4) is 0 Å². The Hall–Kier alpha value is -1.89. The molecule has 108 valence electrons. The van der Waals surface area contributed by atoms with E-state index in [0.29, 0.717) is 18.4 Å². The van der Waals surface area contributed by atoms with Gasteiger partial charge < -0.3 is 14.5 Å². The van der Waals surface area contributed by atoms with E-state index in [9.17, 15) is 0 Å². The Morgan fingerprint density at radius 1 is 1.35 bits per heavy atom. The molecular weight excluding hydrogens is 282 g/mol. The summed E-state index contributed by atoms with van der Waals surface area (Å²) in [5.41, 5.74) is 0. The molecule has 0 aliphatic heterocycles. The smallest absolute Gasteiger partial charge is 0.322 e. The van der Waals surface area contributed by atoms with Crippen LogP contribution in [0.25, 0.3) is 0 Å². The molecule has 2 aromatic heterocycles. The van der Waals surface area contributed by atoms with Gasteiger partial charge in [0.15, 0.2) is 0 Å².